The first-order valence-electron chi connectivity index (χ1n) is 10.3. The first-order valence-corrected chi connectivity index (χ1v) is 10.3. The molecule has 3 N–H and O–H groups in total. The summed E-state index contributed by atoms with van der Waals surface area (Å²) in [5, 5.41) is 14.1. The lowest BCUT2D eigenvalue weighted by Gasteiger charge is -2.26. The van der Waals surface area contributed by atoms with Crippen molar-refractivity contribution in [2.75, 3.05) is 6.61 Å². The minimum Gasteiger partial charge on any atom is -0.480 e. The second kappa shape index (κ2) is 9.20. The van der Waals surface area contributed by atoms with Gasteiger partial charge < -0.3 is 20.5 Å². The Morgan fingerprint density at radius 3 is 2.13 bits per heavy atom. The average Bonchev–Trinajstić information content (AvgIpc) is 3.04. The number of nitrogens with one attached hydrogen (secondary N) is 2. The Morgan fingerprint density at radius 1 is 1.03 bits per heavy atom. The Bertz CT molecular complexity index is 940. The molecule has 0 spiro atoms. The second-order valence-corrected chi connectivity index (χ2v) is 8.46. The predicted octanol–water partition coefficient (Wildman–Crippen LogP) is 3.67. The van der Waals surface area contributed by atoms with E-state index in [-0.39, 0.29) is 24.9 Å². The first-order chi connectivity index (χ1) is 14.7. The van der Waals surface area contributed by atoms with Crippen LogP contribution >= 0.6 is 0 Å². The number of benzene rings is 2. The molecule has 164 valence electrons. The summed E-state index contributed by atoms with van der Waals surface area (Å²) in [6, 6.07) is 15.3. The number of amides is 2. The van der Waals surface area contributed by atoms with Crippen LogP contribution in [0.15, 0.2) is 48.5 Å². The van der Waals surface area contributed by atoms with Crippen LogP contribution in [0.2, 0.25) is 0 Å². The van der Waals surface area contributed by atoms with Crippen LogP contribution in [-0.4, -0.2) is 41.3 Å². The number of hydrogen-bond acceptors (Lipinski definition) is 4. The Hall–Kier alpha value is -3.35. The summed E-state index contributed by atoms with van der Waals surface area (Å²) in [6.07, 6.45) is -0.116. The molecule has 2 aromatic rings. The van der Waals surface area contributed by atoms with Crippen LogP contribution in [0.4, 0.5) is 4.79 Å². The Labute approximate surface area is 181 Å². The van der Waals surface area contributed by atoms with Crippen molar-refractivity contribution in [3.63, 3.8) is 0 Å². The van der Waals surface area contributed by atoms with Crippen LogP contribution < -0.4 is 10.6 Å². The summed E-state index contributed by atoms with van der Waals surface area (Å²) in [5.74, 6) is -1.49. The molecule has 7 heteroatoms. The van der Waals surface area contributed by atoms with Crippen molar-refractivity contribution in [3.8, 4) is 11.1 Å². The number of hydrogen-bond donors (Lipinski definition) is 3. The number of carboxylic acid groups (broad SMARTS) is 1. The minimum atomic E-state index is -1.09. The van der Waals surface area contributed by atoms with Crippen LogP contribution in [-0.2, 0) is 14.3 Å². The Morgan fingerprint density at radius 2 is 1.58 bits per heavy atom. The Balaban J connectivity index is 1.54. The van der Waals surface area contributed by atoms with Gasteiger partial charge in [-0.3, -0.25) is 9.59 Å². The van der Waals surface area contributed by atoms with E-state index in [9.17, 15) is 14.4 Å². The number of rotatable bonds is 8. The third-order valence-corrected chi connectivity index (χ3v) is 5.51. The van der Waals surface area contributed by atoms with Gasteiger partial charge in [0, 0.05) is 17.9 Å². The topological polar surface area (TPSA) is 105 Å². The van der Waals surface area contributed by atoms with Gasteiger partial charge in [0.15, 0.2) is 0 Å². The number of carbonyl (C=O) groups is 3. The zero-order valence-corrected chi connectivity index (χ0v) is 18.0. The van der Waals surface area contributed by atoms with Crippen LogP contribution in [0.3, 0.4) is 0 Å². The standard InChI is InChI=1S/C24H28N2O5/c1-15(22(28)29)25-21(27)12-13-24(2,3)26-23(30)31-14-20-18-10-6-4-8-16(18)17-9-5-7-11-19(17)20/h4-11,15,20H,12-14H2,1-3H3,(H,25,27)(H,26,30)(H,28,29)/t15-/m0/s1. The molecule has 0 saturated heterocycles. The van der Waals surface area contributed by atoms with Crippen LogP contribution in [0.1, 0.15) is 50.7 Å². The summed E-state index contributed by atoms with van der Waals surface area (Å²) in [6.45, 7) is 5.21. The lowest BCUT2D eigenvalue weighted by atomic mass is 9.98. The van der Waals surface area contributed by atoms with Gasteiger partial charge in [-0.05, 0) is 49.4 Å². The lowest BCUT2D eigenvalue weighted by molar-refractivity contribution is -0.141. The van der Waals surface area contributed by atoms with Crippen molar-refractivity contribution in [2.45, 2.75) is 51.1 Å². The highest BCUT2D eigenvalue weighted by Crippen LogP contribution is 2.44. The molecule has 0 saturated carbocycles. The van der Waals surface area contributed by atoms with Crippen molar-refractivity contribution in [1.29, 1.82) is 0 Å². The highest BCUT2D eigenvalue weighted by molar-refractivity contribution is 5.83. The summed E-state index contributed by atoms with van der Waals surface area (Å²) >= 11 is 0. The summed E-state index contributed by atoms with van der Waals surface area (Å²) in [4.78, 5) is 35.2. The zero-order valence-electron chi connectivity index (χ0n) is 18.0. The predicted molar refractivity (Wildman–Crippen MR) is 117 cm³/mol. The van der Waals surface area contributed by atoms with Crippen LogP contribution in [0.5, 0.6) is 0 Å². The van der Waals surface area contributed by atoms with Crippen LogP contribution in [0.25, 0.3) is 11.1 Å². The summed E-state index contributed by atoms with van der Waals surface area (Å²) in [5.41, 5.74) is 3.91. The second-order valence-electron chi connectivity index (χ2n) is 8.46. The molecule has 1 aliphatic rings. The van der Waals surface area contributed by atoms with Crippen molar-refractivity contribution >= 4 is 18.0 Å². The molecule has 2 aromatic carbocycles. The fourth-order valence-corrected chi connectivity index (χ4v) is 3.77. The van der Waals surface area contributed by atoms with E-state index in [1.165, 1.54) is 6.92 Å². The molecule has 0 aliphatic heterocycles. The normalized spacial score (nSPS) is 13.6. The third kappa shape index (κ3) is 5.42. The number of carbonyl (C=O) groups excluding carboxylic acids is 2. The highest BCUT2D eigenvalue weighted by Gasteiger charge is 2.30. The molecule has 0 fully saturated rings. The van der Waals surface area contributed by atoms with E-state index in [2.05, 4.69) is 34.9 Å². The molecule has 31 heavy (non-hydrogen) atoms. The van der Waals surface area contributed by atoms with E-state index in [1.54, 1.807) is 13.8 Å². The molecule has 3 rings (SSSR count). The van der Waals surface area contributed by atoms with E-state index < -0.39 is 23.6 Å². The number of fused-ring (bicyclic) bond motifs is 3. The van der Waals surface area contributed by atoms with E-state index in [4.69, 9.17) is 9.84 Å². The summed E-state index contributed by atoms with van der Waals surface area (Å²) < 4.78 is 5.55. The third-order valence-electron chi connectivity index (χ3n) is 5.51. The van der Waals surface area contributed by atoms with Gasteiger partial charge >= 0.3 is 12.1 Å². The molecule has 0 heterocycles. The maximum absolute atomic E-state index is 12.4. The quantitative estimate of drug-likeness (QED) is 0.600. The van der Waals surface area contributed by atoms with E-state index >= 15 is 0 Å². The van der Waals surface area contributed by atoms with Gasteiger partial charge in [-0.25, -0.2) is 4.79 Å². The maximum atomic E-state index is 12.4. The first kappa shape index (κ1) is 22.3. The van der Waals surface area contributed by atoms with E-state index in [1.807, 2.05) is 24.3 Å². The van der Waals surface area contributed by atoms with Crippen LogP contribution in [0, 0.1) is 0 Å². The lowest BCUT2D eigenvalue weighted by Crippen LogP contribution is -2.45. The fourth-order valence-electron chi connectivity index (χ4n) is 3.77. The molecule has 2 amide bonds. The van der Waals surface area contributed by atoms with E-state index in [0.29, 0.717) is 6.42 Å². The van der Waals surface area contributed by atoms with E-state index in [0.717, 1.165) is 22.3 Å². The molecule has 0 unspecified atom stereocenters. The molecular weight excluding hydrogens is 396 g/mol. The van der Waals surface area contributed by atoms with Crippen molar-refractivity contribution in [2.24, 2.45) is 0 Å². The fraction of sp³-hybridized carbons (Fsp3) is 0.375. The summed E-state index contributed by atoms with van der Waals surface area (Å²) in [7, 11) is 0. The maximum Gasteiger partial charge on any atom is 0.407 e. The molecule has 0 aromatic heterocycles. The largest absolute Gasteiger partial charge is 0.480 e. The van der Waals surface area contributed by atoms with Crippen molar-refractivity contribution < 1.29 is 24.2 Å². The molecule has 7 nitrogen and oxygen atoms in total. The van der Waals surface area contributed by atoms with Gasteiger partial charge in [0.1, 0.15) is 12.6 Å². The number of alkyl carbamates (subject to hydrolysis) is 1. The van der Waals surface area contributed by atoms with Gasteiger partial charge in [-0.2, -0.15) is 0 Å². The molecule has 0 bridgehead atoms. The van der Waals surface area contributed by atoms with Gasteiger partial charge in [0.05, 0.1) is 0 Å². The highest BCUT2D eigenvalue weighted by atomic mass is 16.5. The molecular formula is C24H28N2O5. The SMILES string of the molecule is C[C@H](NC(=O)CCC(C)(C)NC(=O)OCC1c2ccccc2-c2ccccc21)C(=O)O. The van der Waals surface area contributed by atoms with Crippen molar-refractivity contribution in [3.05, 3.63) is 59.7 Å². The molecule has 1 aliphatic carbocycles. The number of aliphatic carboxylic acids is 1. The number of carboxylic acids is 1. The average molecular weight is 424 g/mol. The zero-order chi connectivity index (χ0) is 22.6. The molecule has 1 atom stereocenters. The minimum absolute atomic E-state index is 0.0236. The van der Waals surface area contributed by atoms with Gasteiger partial charge in [-0.1, -0.05) is 48.5 Å². The Kier molecular flexibility index (Phi) is 6.63. The number of ether oxygens (including phenoxy) is 1. The monoisotopic (exact) mass is 424 g/mol. The van der Waals surface area contributed by atoms with Gasteiger partial charge in [0.2, 0.25) is 5.91 Å². The van der Waals surface area contributed by atoms with Gasteiger partial charge in [0.25, 0.3) is 0 Å². The molecule has 0 radical (unpaired) electrons. The van der Waals surface area contributed by atoms with Crippen molar-refractivity contribution in [1.82, 2.24) is 10.6 Å². The van der Waals surface area contributed by atoms with Gasteiger partial charge in [-0.15, -0.1) is 0 Å². The smallest absolute Gasteiger partial charge is 0.407 e.